The number of aromatic nitrogens is 3. The van der Waals surface area contributed by atoms with Gasteiger partial charge >= 0.3 is 0 Å². The number of halogens is 1. The summed E-state index contributed by atoms with van der Waals surface area (Å²) in [6.07, 6.45) is 1.10. The number of anilines is 1. The molecule has 1 aliphatic heterocycles. The van der Waals surface area contributed by atoms with Gasteiger partial charge in [0.15, 0.2) is 5.16 Å². The topological polar surface area (TPSA) is 66.0 Å². The molecule has 1 aromatic carbocycles. The van der Waals surface area contributed by atoms with Gasteiger partial charge in [-0.25, -0.2) is 0 Å². The molecule has 0 fully saturated rings. The molecule has 1 atom stereocenters. The first-order chi connectivity index (χ1) is 9.13. The number of thioether (sulfide) groups is 1. The lowest BCUT2D eigenvalue weighted by Gasteiger charge is -2.09. The largest absolute Gasteiger partial charge is 0.489 e. The number of nitrogen functional groups attached to an aromatic ring is 1. The summed E-state index contributed by atoms with van der Waals surface area (Å²) in [7, 11) is 1.86. The highest BCUT2D eigenvalue weighted by atomic mass is 79.9. The molecule has 3 rings (SSSR count). The summed E-state index contributed by atoms with van der Waals surface area (Å²) in [5.74, 6) is 2.24. The summed E-state index contributed by atoms with van der Waals surface area (Å²) in [6, 6.07) is 6.11. The second-order valence-electron chi connectivity index (χ2n) is 4.41. The smallest absolute Gasteiger partial charge is 0.222 e. The fourth-order valence-electron chi connectivity index (χ4n) is 2.00. The van der Waals surface area contributed by atoms with E-state index < -0.39 is 0 Å². The number of rotatable bonds is 3. The molecular weight excluding hydrogens is 328 g/mol. The van der Waals surface area contributed by atoms with Crippen molar-refractivity contribution in [1.82, 2.24) is 14.8 Å². The van der Waals surface area contributed by atoms with Crippen LogP contribution in [0.5, 0.6) is 5.75 Å². The first kappa shape index (κ1) is 12.8. The van der Waals surface area contributed by atoms with Gasteiger partial charge in [0.1, 0.15) is 11.9 Å². The molecule has 7 heteroatoms. The Hall–Kier alpha value is -1.21. The van der Waals surface area contributed by atoms with Gasteiger partial charge < -0.3 is 10.5 Å². The zero-order valence-electron chi connectivity index (χ0n) is 10.3. The van der Waals surface area contributed by atoms with Gasteiger partial charge in [-0.2, -0.15) is 0 Å². The second-order valence-corrected chi connectivity index (χ2v) is 6.31. The van der Waals surface area contributed by atoms with E-state index in [-0.39, 0.29) is 6.10 Å². The summed E-state index contributed by atoms with van der Waals surface area (Å²) in [4.78, 5) is 0. The van der Waals surface area contributed by atoms with Gasteiger partial charge in [0.25, 0.3) is 0 Å². The fraction of sp³-hybridized carbons (Fsp3) is 0.333. The molecule has 1 aliphatic rings. The average molecular weight is 341 g/mol. The van der Waals surface area contributed by atoms with E-state index in [0.717, 1.165) is 27.6 Å². The first-order valence-corrected chi connectivity index (χ1v) is 7.64. The minimum Gasteiger partial charge on any atom is -0.489 e. The van der Waals surface area contributed by atoms with Crippen molar-refractivity contribution in [3.63, 3.8) is 0 Å². The fourth-order valence-corrected chi connectivity index (χ4v) is 3.32. The van der Waals surface area contributed by atoms with E-state index in [4.69, 9.17) is 10.5 Å². The average Bonchev–Trinajstić information content (AvgIpc) is 2.92. The van der Waals surface area contributed by atoms with Crippen LogP contribution in [0, 0.1) is 0 Å². The van der Waals surface area contributed by atoms with Crippen LogP contribution in [0.3, 0.4) is 0 Å². The standard InChI is InChI=1S/C12H13BrN4OS/c1-17-11(14)15-16-12(17)19-6-9-5-7-4-8(13)2-3-10(7)18-9/h2-4,9H,5-6H2,1H3,(H2,14,15). The lowest BCUT2D eigenvalue weighted by atomic mass is 10.1. The van der Waals surface area contributed by atoms with Gasteiger partial charge in [-0.05, 0) is 23.8 Å². The van der Waals surface area contributed by atoms with Crippen LogP contribution >= 0.6 is 27.7 Å². The molecule has 19 heavy (non-hydrogen) atoms. The maximum atomic E-state index is 5.90. The van der Waals surface area contributed by atoms with E-state index in [1.54, 1.807) is 16.3 Å². The van der Waals surface area contributed by atoms with Crippen molar-refractivity contribution in [1.29, 1.82) is 0 Å². The highest BCUT2D eigenvalue weighted by Crippen LogP contribution is 2.33. The van der Waals surface area contributed by atoms with E-state index in [2.05, 4.69) is 32.2 Å². The molecule has 2 N–H and O–H groups in total. The predicted molar refractivity (Wildman–Crippen MR) is 78.4 cm³/mol. The van der Waals surface area contributed by atoms with Gasteiger partial charge in [0, 0.05) is 23.7 Å². The van der Waals surface area contributed by atoms with Crippen LogP contribution < -0.4 is 10.5 Å². The minimum absolute atomic E-state index is 0.173. The lowest BCUT2D eigenvalue weighted by Crippen LogP contribution is -2.16. The van der Waals surface area contributed by atoms with Crippen LogP contribution in [-0.2, 0) is 13.5 Å². The molecule has 100 valence electrons. The van der Waals surface area contributed by atoms with Crippen molar-refractivity contribution in [3.8, 4) is 5.75 Å². The summed E-state index contributed by atoms with van der Waals surface area (Å²) < 4.78 is 8.77. The van der Waals surface area contributed by atoms with Gasteiger partial charge in [0.2, 0.25) is 5.95 Å². The van der Waals surface area contributed by atoms with Crippen molar-refractivity contribution in [3.05, 3.63) is 28.2 Å². The maximum Gasteiger partial charge on any atom is 0.222 e. The summed E-state index contributed by atoms with van der Waals surface area (Å²) >= 11 is 5.09. The zero-order valence-corrected chi connectivity index (χ0v) is 12.7. The maximum absolute atomic E-state index is 5.90. The Morgan fingerprint density at radius 1 is 1.53 bits per heavy atom. The third kappa shape index (κ3) is 2.57. The number of nitrogens with two attached hydrogens (primary N) is 1. The molecule has 0 aliphatic carbocycles. The number of ether oxygens (including phenoxy) is 1. The molecule has 2 heterocycles. The molecular formula is C12H13BrN4OS. The third-order valence-corrected chi connectivity index (χ3v) is 4.68. The molecule has 0 saturated carbocycles. The van der Waals surface area contributed by atoms with E-state index in [9.17, 15) is 0 Å². The number of benzene rings is 1. The quantitative estimate of drug-likeness (QED) is 0.868. The van der Waals surface area contributed by atoms with Gasteiger partial charge in [-0.1, -0.05) is 27.7 Å². The third-order valence-electron chi connectivity index (χ3n) is 3.03. The monoisotopic (exact) mass is 340 g/mol. The SMILES string of the molecule is Cn1c(N)nnc1SCC1Cc2cc(Br)ccc2O1. The molecule has 1 aromatic heterocycles. The Morgan fingerprint density at radius 2 is 2.37 bits per heavy atom. The summed E-state index contributed by atoms with van der Waals surface area (Å²) in [5.41, 5.74) is 6.90. The van der Waals surface area contributed by atoms with Crippen LogP contribution in [0.4, 0.5) is 5.95 Å². The van der Waals surface area contributed by atoms with Crippen LogP contribution in [0.25, 0.3) is 0 Å². The molecule has 2 aromatic rings. The molecule has 1 unspecified atom stereocenters. The highest BCUT2D eigenvalue weighted by Gasteiger charge is 2.23. The Bertz CT molecular complexity index is 616. The summed E-state index contributed by atoms with van der Waals surface area (Å²) in [5, 5.41) is 8.68. The minimum atomic E-state index is 0.173. The Labute approximate surface area is 123 Å². The predicted octanol–water partition coefficient (Wildman–Crippen LogP) is 2.26. The van der Waals surface area contributed by atoms with Crippen LogP contribution in [-0.4, -0.2) is 26.6 Å². The van der Waals surface area contributed by atoms with Crippen molar-refractivity contribution in [2.24, 2.45) is 7.05 Å². The molecule has 0 spiro atoms. The Kier molecular flexibility index (Phi) is 3.40. The van der Waals surface area contributed by atoms with Crippen molar-refractivity contribution < 1.29 is 4.74 Å². The summed E-state index contributed by atoms with van der Waals surface area (Å²) in [6.45, 7) is 0. The Morgan fingerprint density at radius 3 is 3.11 bits per heavy atom. The van der Waals surface area contributed by atoms with E-state index in [0.29, 0.717) is 5.95 Å². The molecule has 0 radical (unpaired) electrons. The number of hydrogen-bond donors (Lipinski definition) is 1. The van der Waals surface area contributed by atoms with Crippen LogP contribution in [0.1, 0.15) is 5.56 Å². The van der Waals surface area contributed by atoms with Gasteiger partial charge in [0.05, 0.1) is 0 Å². The highest BCUT2D eigenvalue weighted by molar-refractivity contribution is 9.10. The van der Waals surface area contributed by atoms with Crippen LogP contribution in [0.2, 0.25) is 0 Å². The van der Waals surface area contributed by atoms with Crippen molar-refractivity contribution in [2.45, 2.75) is 17.7 Å². The van der Waals surface area contributed by atoms with E-state index >= 15 is 0 Å². The molecule has 0 saturated heterocycles. The second kappa shape index (κ2) is 5.05. The molecule has 0 bridgehead atoms. The first-order valence-electron chi connectivity index (χ1n) is 5.86. The van der Waals surface area contributed by atoms with Crippen molar-refractivity contribution in [2.75, 3.05) is 11.5 Å². The normalized spacial score (nSPS) is 17.3. The number of hydrogen-bond acceptors (Lipinski definition) is 5. The van der Waals surface area contributed by atoms with E-state index in [1.165, 1.54) is 5.56 Å². The molecule has 0 amide bonds. The Balaban J connectivity index is 1.63. The zero-order chi connectivity index (χ0) is 13.4. The lowest BCUT2D eigenvalue weighted by molar-refractivity contribution is 0.259. The van der Waals surface area contributed by atoms with Gasteiger partial charge in [-0.3, -0.25) is 4.57 Å². The van der Waals surface area contributed by atoms with E-state index in [1.807, 2.05) is 19.2 Å². The number of fused-ring (bicyclic) bond motifs is 1. The molecule has 5 nitrogen and oxygen atoms in total. The number of nitrogens with zero attached hydrogens (tertiary/aromatic N) is 3. The van der Waals surface area contributed by atoms with Gasteiger partial charge in [-0.15, -0.1) is 10.2 Å². The van der Waals surface area contributed by atoms with Crippen LogP contribution in [0.15, 0.2) is 27.8 Å². The van der Waals surface area contributed by atoms with Crippen molar-refractivity contribution >= 4 is 33.6 Å².